The lowest BCUT2D eigenvalue weighted by atomic mass is 10.0. The highest BCUT2D eigenvalue weighted by Gasteiger charge is 2.25. The number of rotatable bonds is 7. The number of hydrogen-bond donors (Lipinski definition) is 1. The van der Waals surface area contributed by atoms with Crippen molar-refractivity contribution in [2.45, 2.75) is 46.2 Å². The summed E-state index contributed by atoms with van der Waals surface area (Å²) in [5.74, 6) is 1.62. The van der Waals surface area contributed by atoms with Crippen molar-refractivity contribution >= 4 is 17.5 Å². The molecule has 0 aliphatic carbocycles. The molecule has 1 aliphatic rings. The fraction of sp³-hybridized carbons (Fsp3) is 0.632. The Morgan fingerprint density at radius 1 is 1.40 bits per heavy atom. The summed E-state index contributed by atoms with van der Waals surface area (Å²) >= 11 is 6.38. The molecule has 1 aromatic rings. The number of benzene rings is 1. The van der Waals surface area contributed by atoms with E-state index >= 15 is 0 Å². The smallest absolute Gasteiger partial charge is 0.225 e. The van der Waals surface area contributed by atoms with Gasteiger partial charge in [0.2, 0.25) is 5.91 Å². The minimum atomic E-state index is 0.0449. The maximum Gasteiger partial charge on any atom is 0.225 e. The Balaban J connectivity index is 2.00. The molecule has 1 aliphatic heterocycles. The van der Waals surface area contributed by atoms with Crippen LogP contribution in [0.1, 0.15) is 39.2 Å². The molecule has 1 atom stereocenters. The second kappa shape index (κ2) is 9.30. The molecule has 25 heavy (non-hydrogen) atoms. The van der Waals surface area contributed by atoms with Crippen LogP contribution < -0.4 is 14.8 Å². The predicted molar refractivity (Wildman–Crippen MR) is 100 cm³/mol. The summed E-state index contributed by atoms with van der Waals surface area (Å²) in [7, 11) is 1.61. The van der Waals surface area contributed by atoms with Crippen molar-refractivity contribution in [3.63, 3.8) is 0 Å². The first-order valence-corrected chi connectivity index (χ1v) is 9.35. The summed E-state index contributed by atoms with van der Waals surface area (Å²) < 4.78 is 10.9. The minimum absolute atomic E-state index is 0.0449. The third kappa shape index (κ3) is 5.25. The second-order valence-corrected chi connectivity index (χ2v) is 7.09. The molecule has 1 fully saturated rings. The Bertz CT molecular complexity index is 592. The summed E-state index contributed by atoms with van der Waals surface area (Å²) in [6.07, 6.45) is 2.09. The highest BCUT2D eigenvalue weighted by atomic mass is 35.5. The highest BCUT2D eigenvalue weighted by Crippen LogP contribution is 2.33. The first-order chi connectivity index (χ1) is 12.0. The molecular formula is C19H29ClN2O3. The molecule has 1 unspecified atom stereocenters. The minimum Gasteiger partial charge on any atom is -0.493 e. The molecule has 1 saturated heterocycles. The molecule has 0 saturated carbocycles. The molecule has 1 aromatic carbocycles. The molecule has 1 N–H and O–H groups in total. The van der Waals surface area contributed by atoms with Crippen LogP contribution in [0.15, 0.2) is 12.1 Å². The van der Waals surface area contributed by atoms with Gasteiger partial charge in [-0.3, -0.25) is 4.79 Å². The Hall–Kier alpha value is -1.46. The molecule has 2 rings (SSSR count). The third-order valence-electron chi connectivity index (χ3n) is 4.44. The van der Waals surface area contributed by atoms with Crippen LogP contribution in [0.25, 0.3) is 0 Å². The van der Waals surface area contributed by atoms with Crippen molar-refractivity contribution < 1.29 is 14.3 Å². The van der Waals surface area contributed by atoms with Crippen LogP contribution in [0.5, 0.6) is 11.5 Å². The van der Waals surface area contributed by atoms with Gasteiger partial charge in [-0.1, -0.05) is 25.4 Å². The Morgan fingerprint density at radius 3 is 2.80 bits per heavy atom. The van der Waals surface area contributed by atoms with E-state index in [1.807, 2.05) is 31.7 Å². The lowest BCUT2D eigenvalue weighted by Crippen LogP contribution is -2.48. The molecule has 0 spiro atoms. The van der Waals surface area contributed by atoms with Gasteiger partial charge in [0.05, 0.1) is 13.7 Å². The molecule has 0 radical (unpaired) electrons. The molecule has 1 amide bonds. The van der Waals surface area contributed by atoms with Crippen LogP contribution in [0.2, 0.25) is 5.02 Å². The number of nitrogens with zero attached hydrogens (tertiary/aromatic N) is 1. The van der Waals surface area contributed by atoms with Crippen LogP contribution in [-0.2, 0) is 11.3 Å². The number of ether oxygens (including phenoxy) is 2. The Labute approximate surface area is 155 Å². The lowest BCUT2D eigenvalue weighted by molar-refractivity contribution is -0.135. The van der Waals surface area contributed by atoms with Crippen LogP contribution in [-0.4, -0.2) is 43.7 Å². The number of nitrogens with one attached hydrogen (secondary N) is 1. The first-order valence-electron chi connectivity index (χ1n) is 8.97. The number of carbonyl (C=O) groups excluding carboxylic acids is 1. The summed E-state index contributed by atoms with van der Waals surface area (Å²) in [6, 6.07) is 4.00. The third-order valence-corrected chi connectivity index (χ3v) is 4.79. The van der Waals surface area contributed by atoms with Gasteiger partial charge < -0.3 is 19.7 Å². The fourth-order valence-electron chi connectivity index (χ4n) is 3.10. The van der Waals surface area contributed by atoms with E-state index in [9.17, 15) is 4.79 Å². The summed E-state index contributed by atoms with van der Waals surface area (Å²) in [6.45, 7) is 8.65. The number of piperidine rings is 1. The van der Waals surface area contributed by atoms with Gasteiger partial charge in [-0.25, -0.2) is 0 Å². The molecular weight excluding hydrogens is 340 g/mol. The standard InChI is InChI=1S/C19H29ClN2O3/c1-5-25-18-9-14(16(20)10-17(18)24-4)11-21-15-7-6-8-22(12-15)19(23)13(2)3/h9-10,13,15,21H,5-8,11-12H2,1-4H3. The molecule has 6 heteroatoms. The van der Waals surface area contributed by atoms with E-state index in [4.69, 9.17) is 21.1 Å². The number of amides is 1. The zero-order valence-corrected chi connectivity index (χ0v) is 16.4. The number of halogens is 1. The molecule has 1 heterocycles. The van der Waals surface area contributed by atoms with Gasteiger partial charge in [0.1, 0.15) is 0 Å². The average Bonchev–Trinajstić information content (AvgIpc) is 2.61. The van der Waals surface area contributed by atoms with E-state index in [1.54, 1.807) is 13.2 Å². The molecule has 0 bridgehead atoms. The Kier molecular flexibility index (Phi) is 7.38. The quantitative estimate of drug-likeness (QED) is 0.800. The van der Waals surface area contributed by atoms with Gasteiger partial charge in [-0.2, -0.15) is 0 Å². The van der Waals surface area contributed by atoms with Gasteiger partial charge >= 0.3 is 0 Å². The molecule has 5 nitrogen and oxygen atoms in total. The number of methoxy groups -OCH3 is 1. The van der Waals surface area contributed by atoms with Gasteiger partial charge in [0.15, 0.2) is 11.5 Å². The summed E-state index contributed by atoms with van der Waals surface area (Å²) in [5, 5.41) is 4.19. The van der Waals surface area contributed by atoms with E-state index in [1.165, 1.54) is 0 Å². The van der Waals surface area contributed by atoms with E-state index in [0.717, 1.165) is 31.5 Å². The lowest BCUT2D eigenvalue weighted by Gasteiger charge is -2.34. The normalized spacial score (nSPS) is 17.7. The number of hydrogen-bond acceptors (Lipinski definition) is 4. The van der Waals surface area contributed by atoms with Gasteiger partial charge in [0, 0.05) is 42.7 Å². The second-order valence-electron chi connectivity index (χ2n) is 6.69. The van der Waals surface area contributed by atoms with Gasteiger partial charge in [-0.15, -0.1) is 0 Å². The van der Waals surface area contributed by atoms with Crippen LogP contribution in [0.3, 0.4) is 0 Å². The van der Waals surface area contributed by atoms with Gasteiger partial charge in [-0.05, 0) is 31.4 Å². The number of likely N-dealkylation sites (tertiary alicyclic amines) is 1. The zero-order valence-electron chi connectivity index (χ0n) is 15.6. The molecule has 140 valence electrons. The highest BCUT2D eigenvalue weighted by molar-refractivity contribution is 6.31. The fourth-order valence-corrected chi connectivity index (χ4v) is 3.32. The van der Waals surface area contributed by atoms with Crippen LogP contribution in [0, 0.1) is 5.92 Å². The first kappa shape index (κ1) is 19.9. The topological polar surface area (TPSA) is 50.8 Å². The molecule has 0 aromatic heterocycles. The SMILES string of the molecule is CCOc1cc(CNC2CCCN(C(=O)C(C)C)C2)c(Cl)cc1OC. The van der Waals surface area contributed by atoms with Gasteiger partial charge in [0.25, 0.3) is 0 Å². The van der Waals surface area contributed by atoms with E-state index in [-0.39, 0.29) is 17.9 Å². The summed E-state index contributed by atoms with van der Waals surface area (Å²) in [5.41, 5.74) is 0.971. The monoisotopic (exact) mass is 368 g/mol. The van der Waals surface area contributed by atoms with Crippen LogP contribution in [0.4, 0.5) is 0 Å². The van der Waals surface area contributed by atoms with Crippen molar-refractivity contribution in [1.82, 2.24) is 10.2 Å². The van der Waals surface area contributed by atoms with Crippen molar-refractivity contribution in [2.24, 2.45) is 5.92 Å². The maximum absolute atomic E-state index is 12.2. The number of carbonyl (C=O) groups is 1. The van der Waals surface area contributed by atoms with E-state index in [0.29, 0.717) is 29.7 Å². The van der Waals surface area contributed by atoms with Crippen molar-refractivity contribution in [2.75, 3.05) is 26.8 Å². The Morgan fingerprint density at radius 2 is 2.16 bits per heavy atom. The zero-order chi connectivity index (χ0) is 18.4. The van der Waals surface area contributed by atoms with Crippen molar-refractivity contribution in [3.05, 3.63) is 22.7 Å². The predicted octanol–water partition coefficient (Wildman–Crippen LogP) is 3.48. The van der Waals surface area contributed by atoms with E-state index in [2.05, 4.69) is 5.32 Å². The van der Waals surface area contributed by atoms with E-state index < -0.39 is 0 Å². The summed E-state index contributed by atoms with van der Waals surface area (Å²) in [4.78, 5) is 14.2. The largest absolute Gasteiger partial charge is 0.493 e. The maximum atomic E-state index is 12.2. The average molecular weight is 369 g/mol. The van der Waals surface area contributed by atoms with Crippen molar-refractivity contribution in [1.29, 1.82) is 0 Å². The van der Waals surface area contributed by atoms with Crippen molar-refractivity contribution in [3.8, 4) is 11.5 Å². The van der Waals surface area contributed by atoms with Crippen LogP contribution >= 0.6 is 11.6 Å².